The maximum absolute atomic E-state index is 15.6. The van der Waals surface area contributed by atoms with Crippen molar-refractivity contribution in [2.24, 2.45) is 0 Å². The molecule has 0 N–H and O–H groups in total. The van der Waals surface area contributed by atoms with Crippen LogP contribution in [0, 0.1) is 23.3 Å². The first-order valence-electron chi connectivity index (χ1n) is 13.5. The molecular weight excluding hydrogens is 559 g/mol. The van der Waals surface area contributed by atoms with E-state index in [0.29, 0.717) is 4.70 Å². The van der Waals surface area contributed by atoms with Crippen LogP contribution in [0.4, 0.5) is 17.6 Å². The zero-order valence-corrected chi connectivity index (χ0v) is 25.5. The van der Waals surface area contributed by atoms with E-state index in [1.807, 2.05) is 24.3 Å². The first kappa shape index (κ1) is 27.6. The van der Waals surface area contributed by atoms with E-state index in [2.05, 4.69) is 45.0 Å². The Morgan fingerprint density at radius 1 is 0.707 bits per heavy atom. The van der Waals surface area contributed by atoms with Gasteiger partial charge in [-0.05, 0) is 39.9 Å². The summed E-state index contributed by atoms with van der Waals surface area (Å²) in [7, 11) is -2.71. The number of thiophene rings is 1. The topological polar surface area (TPSA) is 12.9 Å². The van der Waals surface area contributed by atoms with E-state index in [0.717, 1.165) is 32.1 Å². The average molecular weight is 588 g/mol. The molecule has 2 heterocycles. The van der Waals surface area contributed by atoms with Gasteiger partial charge in [-0.25, -0.2) is 17.6 Å². The Hall–Kier alpha value is -3.55. The van der Waals surface area contributed by atoms with Crippen molar-refractivity contribution in [2.45, 2.75) is 45.8 Å². The molecule has 1 nitrogen and oxygen atoms in total. The van der Waals surface area contributed by atoms with Gasteiger partial charge >= 0.3 is 0 Å². The quantitative estimate of drug-likeness (QED) is 0.114. The van der Waals surface area contributed by atoms with E-state index in [1.165, 1.54) is 28.4 Å². The van der Waals surface area contributed by atoms with Crippen LogP contribution in [0.25, 0.3) is 53.3 Å². The van der Waals surface area contributed by atoms with Gasteiger partial charge < -0.3 is 0 Å². The van der Waals surface area contributed by atoms with Gasteiger partial charge in [0, 0.05) is 38.0 Å². The molecule has 0 aliphatic carbocycles. The van der Waals surface area contributed by atoms with Crippen molar-refractivity contribution in [1.82, 2.24) is 4.98 Å². The summed E-state index contributed by atoms with van der Waals surface area (Å²) in [5, 5.41) is 3.41. The van der Waals surface area contributed by atoms with Gasteiger partial charge in [0.1, 0.15) is 0 Å². The van der Waals surface area contributed by atoms with Crippen LogP contribution in [0.5, 0.6) is 0 Å². The van der Waals surface area contributed by atoms with Gasteiger partial charge in [-0.1, -0.05) is 82.9 Å². The van der Waals surface area contributed by atoms with Crippen LogP contribution in [0.15, 0.2) is 66.9 Å². The predicted octanol–water partition coefficient (Wildman–Crippen LogP) is 10.3. The number of aromatic nitrogens is 1. The fraction of sp³-hybridized carbons (Fsp3) is 0.206. The summed E-state index contributed by atoms with van der Waals surface area (Å²) in [5.74, 6) is -5.31. The molecule has 0 unspecified atom stereocenters. The molecule has 0 spiro atoms. The molecule has 208 valence electrons. The highest BCUT2D eigenvalue weighted by atomic mass is 32.1. The highest BCUT2D eigenvalue weighted by molar-refractivity contribution is 7.26. The van der Waals surface area contributed by atoms with Crippen LogP contribution in [-0.2, 0) is 5.41 Å². The van der Waals surface area contributed by atoms with Crippen molar-refractivity contribution >= 4 is 55.5 Å². The van der Waals surface area contributed by atoms with E-state index in [9.17, 15) is 0 Å². The van der Waals surface area contributed by atoms with Crippen molar-refractivity contribution in [2.75, 3.05) is 0 Å². The van der Waals surface area contributed by atoms with Gasteiger partial charge in [0.05, 0.1) is 24.0 Å². The van der Waals surface area contributed by atoms with Gasteiger partial charge in [-0.15, -0.1) is 11.3 Å². The summed E-state index contributed by atoms with van der Waals surface area (Å²) in [6.07, 6.45) is 1.73. The minimum atomic E-state index is -2.71. The maximum Gasteiger partial charge on any atom is 0.169 e. The highest BCUT2D eigenvalue weighted by Crippen LogP contribution is 2.45. The molecule has 7 heteroatoms. The first-order chi connectivity index (χ1) is 19.3. The normalized spacial score (nSPS) is 12.6. The first-order valence-corrected chi connectivity index (χ1v) is 17.8. The smallest absolute Gasteiger partial charge is 0.169 e. The Morgan fingerprint density at radius 3 is 2.00 bits per heavy atom. The molecule has 0 fully saturated rings. The second kappa shape index (κ2) is 9.50. The average Bonchev–Trinajstić information content (AvgIpc) is 3.30. The Labute approximate surface area is 241 Å². The largest absolute Gasteiger partial charge is 0.255 e. The summed E-state index contributed by atoms with van der Waals surface area (Å²) in [6.45, 7) is 11.5. The second-order valence-electron chi connectivity index (χ2n) is 12.6. The van der Waals surface area contributed by atoms with Crippen molar-refractivity contribution in [3.63, 3.8) is 0 Å². The lowest BCUT2D eigenvalue weighted by molar-refractivity contribution is 0.467. The van der Waals surface area contributed by atoms with E-state index < -0.39 is 42.1 Å². The van der Waals surface area contributed by atoms with Crippen LogP contribution in [0.2, 0.25) is 19.6 Å². The lowest BCUT2D eigenvalue weighted by Crippen LogP contribution is -2.44. The lowest BCUT2D eigenvalue weighted by atomic mass is 9.82. The second-order valence-corrected chi connectivity index (χ2v) is 18.6. The summed E-state index contributed by atoms with van der Waals surface area (Å²) < 4.78 is 63.1. The van der Waals surface area contributed by atoms with Crippen molar-refractivity contribution in [3.8, 4) is 22.4 Å². The molecule has 0 radical (unpaired) electrons. The van der Waals surface area contributed by atoms with E-state index in [4.69, 9.17) is 4.98 Å². The minimum absolute atomic E-state index is 0.123. The maximum atomic E-state index is 15.6. The van der Waals surface area contributed by atoms with Crippen molar-refractivity contribution < 1.29 is 17.6 Å². The summed E-state index contributed by atoms with van der Waals surface area (Å²) in [4.78, 5) is 4.75. The Balaban J connectivity index is 1.65. The minimum Gasteiger partial charge on any atom is -0.255 e. The molecule has 0 atom stereocenters. The molecule has 0 amide bonds. The molecule has 0 bridgehead atoms. The fourth-order valence-electron chi connectivity index (χ4n) is 5.72. The number of rotatable bonds is 3. The Bertz CT molecular complexity index is 1990. The molecular formula is C34H29F4NSSi. The van der Waals surface area contributed by atoms with Gasteiger partial charge in [-0.2, -0.15) is 0 Å². The number of benzene rings is 4. The Kier molecular flexibility index (Phi) is 6.39. The van der Waals surface area contributed by atoms with Crippen LogP contribution < -0.4 is 5.19 Å². The van der Waals surface area contributed by atoms with Crippen LogP contribution in [-0.4, -0.2) is 13.1 Å². The summed E-state index contributed by atoms with van der Waals surface area (Å²) in [5.41, 5.74) is 2.19. The molecule has 6 aromatic rings. The number of nitrogens with zero attached hydrogens (tertiary/aromatic N) is 1. The lowest BCUT2D eigenvalue weighted by Gasteiger charge is -2.22. The third kappa shape index (κ3) is 4.37. The SMILES string of the molecule is CC(C)(C)c1cc(-c2nccc3c2sc2c(-c4c(F)c(F)c([Si](C)(C)C)c(F)c4F)cccc23)cc2ccccc12. The van der Waals surface area contributed by atoms with Crippen LogP contribution in [0.3, 0.4) is 0 Å². The Morgan fingerprint density at radius 2 is 1.34 bits per heavy atom. The van der Waals surface area contributed by atoms with Crippen molar-refractivity contribution in [3.05, 3.63) is 95.7 Å². The zero-order valence-electron chi connectivity index (χ0n) is 23.7. The number of hydrogen-bond acceptors (Lipinski definition) is 2. The van der Waals surface area contributed by atoms with Gasteiger partial charge in [0.25, 0.3) is 0 Å². The number of fused-ring (bicyclic) bond motifs is 4. The van der Waals surface area contributed by atoms with E-state index >= 15 is 17.6 Å². The molecule has 0 aliphatic rings. The predicted molar refractivity (Wildman–Crippen MR) is 167 cm³/mol. The van der Waals surface area contributed by atoms with Crippen LogP contribution in [0.1, 0.15) is 26.3 Å². The van der Waals surface area contributed by atoms with Gasteiger partial charge in [0.15, 0.2) is 23.3 Å². The molecule has 0 saturated carbocycles. The van der Waals surface area contributed by atoms with Gasteiger partial charge in [-0.3, -0.25) is 4.98 Å². The molecule has 6 rings (SSSR count). The monoisotopic (exact) mass is 587 g/mol. The summed E-state index contributed by atoms with van der Waals surface area (Å²) >= 11 is 1.33. The zero-order chi connectivity index (χ0) is 29.4. The molecule has 2 aromatic heterocycles. The molecule has 0 aliphatic heterocycles. The third-order valence-electron chi connectivity index (χ3n) is 7.64. The fourth-order valence-corrected chi connectivity index (χ4v) is 8.59. The number of hydrogen-bond donors (Lipinski definition) is 0. The third-order valence-corrected chi connectivity index (χ3v) is 10.8. The molecule has 4 aromatic carbocycles. The number of halogens is 4. The number of pyridine rings is 1. The van der Waals surface area contributed by atoms with Crippen molar-refractivity contribution in [1.29, 1.82) is 0 Å². The molecule has 0 saturated heterocycles. The highest BCUT2D eigenvalue weighted by Gasteiger charge is 2.34. The van der Waals surface area contributed by atoms with E-state index in [-0.39, 0.29) is 11.0 Å². The van der Waals surface area contributed by atoms with E-state index in [1.54, 1.807) is 31.9 Å². The molecule has 41 heavy (non-hydrogen) atoms. The van der Waals surface area contributed by atoms with Crippen LogP contribution >= 0.6 is 11.3 Å². The van der Waals surface area contributed by atoms with Gasteiger partial charge in [0.2, 0.25) is 0 Å². The standard InChI is InChI=1S/C34H29F4NSSi/c1-34(2,3)24-17-19(16-18-10-7-8-11-20(18)24)30-32-22(14-15-39-30)21-12-9-13-23(31(21)40-32)25-26(35)28(37)33(41(4,5)6)29(38)27(25)36/h7-17H,1-6H3. The summed E-state index contributed by atoms with van der Waals surface area (Å²) in [6, 6.07) is 19.4.